The molecule has 0 radical (unpaired) electrons. The first kappa shape index (κ1) is 18.5. The third kappa shape index (κ3) is 4.82. The summed E-state index contributed by atoms with van der Waals surface area (Å²) < 4.78 is 9.95. The second kappa shape index (κ2) is 7.37. The van der Waals surface area contributed by atoms with E-state index in [0.29, 0.717) is 5.69 Å². The molecule has 2 heterocycles. The number of ether oxygens (including phenoxy) is 2. The molecule has 2 rings (SSSR count). The van der Waals surface area contributed by atoms with Gasteiger partial charge in [0.25, 0.3) is 5.91 Å². The fourth-order valence-electron chi connectivity index (χ4n) is 2.27. The molecule has 1 aromatic heterocycles. The molecular weight excluding hydrogens is 328 g/mol. The van der Waals surface area contributed by atoms with E-state index in [2.05, 4.69) is 14.7 Å². The van der Waals surface area contributed by atoms with Crippen LogP contribution in [-0.4, -0.2) is 63.0 Å². The van der Waals surface area contributed by atoms with E-state index in [9.17, 15) is 14.4 Å². The van der Waals surface area contributed by atoms with Crippen LogP contribution < -0.4 is 0 Å². The van der Waals surface area contributed by atoms with E-state index in [1.807, 2.05) is 0 Å². The number of carbonyl (C=O) groups excluding carboxylic acids is 3. The summed E-state index contributed by atoms with van der Waals surface area (Å²) in [5.74, 6) is -0.961. The van der Waals surface area contributed by atoms with Crippen molar-refractivity contribution in [1.29, 1.82) is 0 Å². The number of esters is 1. The second-order valence-corrected chi connectivity index (χ2v) is 6.52. The van der Waals surface area contributed by atoms with E-state index in [0.717, 1.165) is 0 Å². The minimum Gasteiger partial charge on any atom is -0.468 e. The van der Waals surface area contributed by atoms with Crippen molar-refractivity contribution in [2.45, 2.75) is 38.8 Å². The molecule has 25 heavy (non-hydrogen) atoms. The van der Waals surface area contributed by atoms with Crippen LogP contribution in [0.2, 0.25) is 0 Å². The predicted molar refractivity (Wildman–Crippen MR) is 87.0 cm³/mol. The molecule has 0 bridgehead atoms. The Balaban J connectivity index is 2.25. The smallest absolute Gasteiger partial charge is 0.415 e. The SMILES string of the molecule is COC(=O)CN1C=CN(C(=O)OC(C)(C)C)[C@@H](Cc2cnc[nH]2)C1=O. The summed E-state index contributed by atoms with van der Waals surface area (Å²) in [7, 11) is 1.25. The summed E-state index contributed by atoms with van der Waals surface area (Å²) in [4.78, 5) is 46.0. The first-order valence-electron chi connectivity index (χ1n) is 7.75. The summed E-state index contributed by atoms with van der Waals surface area (Å²) in [6.07, 6.45) is 5.43. The van der Waals surface area contributed by atoms with Gasteiger partial charge in [0, 0.05) is 30.7 Å². The van der Waals surface area contributed by atoms with E-state index >= 15 is 0 Å². The van der Waals surface area contributed by atoms with E-state index < -0.39 is 29.6 Å². The number of carbonyl (C=O) groups is 3. The lowest BCUT2D eigenvalue weighted by atomic mass is 10.1. The molecule has 0 saturated carbocycles. The van der Waals surface area contributed by atoms with E-state index in [1.54, 1.807) is 27.0 Å². The minimum atomic E-state index is -0.857. The van der Waals surface area contributed by atoms with Crippen LogP contribution in [0.15, 0.2) is 24.9 Å². The Kier molecular flexibility index (Phi) is 5.45. The quantitative estimate of drug-likeness (QED) is 0.814. The largest absolute Gasteiger partial charge is 0.468 e. The van der Waals surface area contributed by atoms with Crippen LogP contribution in [0, 0.1) is 0 Å². The van der Waals surface area contributed by atoms with Gasteiger partial charge in [-0.3, -0.25) is 14.5 Å². The number of nitrogens with one attached hydrogen (secondary N) is 1. The van der Waals surface area contributed by atoms with Crippen molar-refractivity contribution >= 4 is 18.0 Å². The second-order valence-electron chi connectivity index (χ2n) is 6.52. The summed E-state index contributed by atoms with van der Waals surface area (Å²) in [6, 6.07) is -0.857. The standard InChI is InChI=1S/C16H22N4O5/c1-16(2,3)25-15(23)20-6-5-19(9-13(21)24-4)14(22)12(20)7-11-8-17-10-18-11/h5-6,8,10,12H,7,9H2,1-4H3,(H,17,18)/t12-/m0/s1. The Bertz CT molecular complexity index is 663. The normalized spacial score (nSPS) is 17.6. The number of hydrogen-bond acceptors (Lipinski definition) is 6. The molecular formula is C16H22N4O5. The van der Waals surface area contributed by atoms with Gasteiger partial charge in [-0.1, -0.05) is 0 Å². The predicted octanol–water partition coefficient (Wildman–Crippen LogP) is 1.04. The number of hydrogen-bond donors (Lipinski definition) is 1. The molecule has 0 aliphatic carbocycles. The van der Waals surface area contributed by atoms with Gasteiger partial charge < -0.3 is 19.4 Å². The number of rotatable bonds is 4. The topological polar surface area (TPSA) is 105 Å². The van der Waals surface area contributed by atoms with Gasteiger partial charge in [-0.05, 0) is 20.8 Å². The lowest BCUT2D eigenvalue weighted by Gasteiger charge is -2.35. The summed E-state index contributed by atoms with van der Waals surface area (Å²) in [5.41, 5.74) is -0.0180. The third-order valence-corrected chi connectivity index (χ3v) is 3.41. The zero-order valence-corrected chi connectivity index (χ0v) is 14.7. The number of amides is 2. The molecule has 0 unspecified atom stereocenters. The number of H-pyrrole nitrogens is 1. The number of aromatic nitrogens is 2. The zero-order chi connectivity index (χ0) is 18.6. The molecule has 0 spiro atoms. The van der Waals surface area contributed by atoms with Crippen molar-refractivity contribution in [3.63, 3.8) is 0 Å². The first-order valence-corrected chi connectivity index (χ1v) is 7.75. The maximum absolute atomic E-state index is 12.8. The van der Waals surface area contributed by atoms with E-state index in [-0.39, 0.29) is 13.0 Å². The highest BCUT2D eigenvalue weighted by atomic mass is 16.6. The van der Waals surface area contributed by atoms with Crippen LogP contribution >= 0.6 is 0 Å². The maximum atomic E-state index is 12.8. The van der Waals surface area contributed by atoms with Crippen molar-refractivity contribution in [2.24, 2.45) is 0 Å². The molecule has 1 aromatic rings. The molecule has 1 aliphatic heterocycles. The Hall–Kier alpha value is -2.84. The molecule has 1 aliphatic rings. The first-order chi connectivity index (χ1) is 11.7. The van der Waals surface area contributed by atoms with Crippen LogP contribution in [0.5, 0.6) is 0 Å². The van der Waals surface area contributed by atoms with Crippen LogP contribution in [0.4, 0.5) is 4.79 Å². The van der Waals surface area contributed by atoms with Crippen LogP contribution in [-0.2, 0) is 25.5 Å². The Morgan fingerprint density at radius 1 is 1.32 bits per heavy atom. The Morgan fingerprint density at radius 2 is 2.04 bits per heavy atom. The number of nitrogens with zero attached hydrogens (tertiary/aromatic N) is 3. The highest BCUT2D eigenvalue weighted by Gasteiger charge is 2.37. The molecule has 0 saturated heterocycles. The van der Waals surface area contributed by atoms with Gasteiger partial charge in [0.05, 0.1) is 13.4 Å². The molecule has 1 atom stereocenters. The maximum Gasteiger partial charge on any atom is 0.415 e. The summed E-state index contributed by atoms with van der Waals surface area (Å²) in [6.45, 7) is 5.00. The van der Waals surface area contributed by atoms with Crippen molar-refractivity contribution in [2.75, 3.05) is 13.7 Å². The highest BCUT2D eigenvalue weighted by molar-refractivity contribution is 5.91. The third-order valence-electron chi connectivity index (χ3n) is 3.41. The lowest BCUT2D eigenvalue weighted by Crippen LogP contribution is -2.53. The molecule has 0 aromatic carbocycles. The van der Waals surface area contributed by atoms with Gasteiger partial charge in [0.1, 0.15) is 18.2 Å². The molecule has 9 heteroatoms. The van der Waals surface area contributed by atoms with Gasteiger partial charge in [-0.15, -0.1) is 0 Å². The Morgan fingerprint density at radius 3 is 2.60 bits per heavy atom. The fourth-order valence-corrected chi connectivity index (χ4v) is 2.27. The monoisotopic (exact) mass is 350 g/mol. The van der Waals surface area contributed by atoms with Crippen LogP contribution in [0.3, 0.4) is 0 Å². The summed E-state index contributed by atoms with van der Waals surface area (Å²) >= 11 is 0. The zero-order valence-electron chi connectivity index (χ0n) is 14.7. The number of imidazole rings is 1. The van der Waals surface area contributed by atoms with Gasteiger partial charge >= 0.3 is 12.1 Å². The molecule has 1 N–H and O–H groups in total. The van der Waals surface area contributed by atoms with E-state index in [1.165, 1.54) is 35.6 Å². The fraction of sp³-hybridized carbons (Fsp3) is 0.500. The number of methoxy groups -OCH3 is 1. The average molecular weight is 350 g/mol. The van der Waals surface area contributed by atoms with Gasteiger partial charge in [-0.25, -0.2) is 9.78 Å². The van der Waals surface area contributed by atoms with E-state index in [4.69, 9.17) is 4.74 Å². The molecule has 9 nitrogen and oxygen atoms in total. The Labute approximate surface area is 145 Å². The molecule has 0 fully saturated rings. The van der Waals surface area contributed by atoms with Crippen LogP contribution in [0.1, 0.15) is 26.5 Å². The number of aromatic amines is 1. The minimum absolute atomic E-state index is 0.208. The van der Waals surface area contributed by atoms with Gasteiger partial charge in [-0.2, -0.15) is 0 Å². The van der Waals surface area contributed by atoms with Crippen molar-refractivity contribution < 1.29 is 23.9 Å². The van der Waals surface area contributed by atoms with Crippen molar-refractivity contribution in [3.05, 3.63) is 30.6 Å². The molecule has 2 amide bonds. The van der Waals surface area contributed by atoms with Gasteiger partial charge in [0.15, 0.2) is 0 Å². The summed E-state index contributed by atoms with van der Waals surface area (Å²) in [5, 5.41) is 0. The van der Waals surface area contributed by atoms with Crippen molar-refractivity contribution in [1.82, 2.24) is 19.8 Å². The molecule has 136 valence electrons. The lowest BCUT2D eigenvalue weighted by molar-refractivity contribution is -0.147. The van der Waals surface area contributed by atoms with Gasteiger partial charge in [0.2, 0.25) is 0 Å². The van der Waals surface area contributed by atoms with Crippen LogP contribution in [0.25, 0.3) is 0 Å². The highest BCUT2D eigenvalue weighted by Crippen LogP contribution is 2.20. The van der Waals surface area contributed by atoms with Crippen molar-refractivity contribution in [3.8, 4) is 0 Å². The average Bonchev–Trinajstić information content (AvgIpc) is 3.02.